The molecule has 1 saturated heterocycles. The van der Waals surface area contributed by atoms with Crippen LogP contribution < -0.4 is 15.0 Å². The van der Waals surface area contributed by atoms with E-state index in [1.807, 2.05) is 17.0 Å². The molecule has 35 heavy (non-hydrogen) atoms. The Hall–Kier alpha value is -3.59. The van der Waals surface area contributed by atoms with E-state index in [9.17, 15) is 18.0 Å². The van der Waals surface area contributed by atoms with Crippen LogP contribution >= 0.6 is 0 Å². The van der Waals surface area contributed by atoms with Gasteiger partial charge in [0.25, 0.3) is 11.5 Å². The van der Waals surface area contributed by atoms with Gasteiger partial charge in [0.15, 0.2) is 0 Å². The lowest BCUT2D eigenvalue weighted by molar-refractivity contribution is 0.0594. The van der Waals surface area contributed by atoms with Crippen LogP contribution in [0.3, 0.4) is 0 Å². The summed E-state index contributed by atoms with van der Waals surface area (Å²) in [5, 5.41) is 0. The van der Waals surface area contributed by atoms with Crippen molar-refractivity contribution < 1.29 is 17.9 Å². The third-order valence-electron chi connectivity index (χ3n) is 6.69. The van der Waals surface area contributed by atoms with Gasteiger partial charge in [0.1, 0.15) is 11.4 Å². The molecule has 3 aromatic rings. The van der Waals surface area contributed by atoms with E-state index in [2.05, 4.69) is 4.72 Å². The highest BCUT2D eigenvalue weighted by Gasteiger charge is 2.37. The molecule has 0 spiro atoms. The maximum atomic E-state index is 13.2. The second kappa shape index (κ2) is 9.22. The third kappa shape index (κ3) is 4.81. The molecule has 8 nitrogen and oxygen atoms in total. The molecular formula is C26H27N3O5S. The molecule has 2 aliphatic heterocycles. The smallest absolute Gasteiger partial charge is 0.275 e. The number of anilines is 1. The van der Waals surface area contributed by atoms with E-state index < -0.39 is 10.0 Å². The van der Waals surface area contributed by atoms with Crippen LogP contribution in [0.5, 0.6) is 5.75 Å². The largest absolute Gasteiger partial charge is 0.497 e. The van der Waals surface area contributed by atoms with Crippen LogP contribution in [0.2, 0.25) is 0 Å². The Labute approximate surface area is 204 Å². The first kappa shape index (κ1) is 23.2. The lowest BCUT2D eigenvalue weighted by Gasteiger charge is -2.43. The van der Waals surface area contributed by atoms with Gasteiger partial charge in [-0.3, -0.25) is 14.3 Å². The van der Waals surface area contributed by atoms with Gasteiger partial charge in [0, 0.05) is 36.8 Å². The van der Waals surface area contributed by atoms with Crippen LogP contribution in [0.1, 0.15) is 34.0 Å². The second-order valence-electron chi connectivity index (χ2n) is 9.17. The van der Waals surface area contributed by atoms with Crippen LogP contribution in [0.15, 0.2) is 71.5 Å². The molecule has 9 heteroatoms. The zero-order valence-electron chi connectivity index (χ0n) is 19.4. The van der Waals surface area contributed by atoms with E-state index in [1.165, 1.54) is 0 Å². The number of nitrogens with zero attached hydrogens (tertiary/aromatic N) is 2. The van der Waals surface area contributed by atoms with Gasteiger partial charge in [0.2, 0.25) is 10.0 Å². The Bertz CT molecular complexity index is 1400. The van der Waals surface area contributed by atoms with Crippen molar-refractivity contribution in [1.29, 1.82) is 0 Å². The molecule has 1 amide bonds. The summed E-state index contributed by atoms with van der Waals surface area (Å²) in [6.07, 6.45) is 0.894. The van der Waals surface area contributed by atoms with E-state index in [0.29, 0.717) is 36.5 Å². The van der Waals surface area contributed by atoms with E-state index in [4.69, 9.17) is 4.74 Å². The summed E-state index contributed by atoms with van der Waals surface area (Å²) < 4.78 is 34.7. The third-order valence-corrected chi connectivity index (χ3v) is 7.94. The first-order valence-corrected chi connectivity index (χ1v) is 13.2. The summed E-state index contributed by atoms with van der Waals surface area (Å²) in [7, 11) is -2.15. The van der Waals surface area contributed by atoms with Crippen LogP contribution in [-0.2, 0) is 22.3 Å². The average Bonchev–Trinajstić information content (AvgIpc) is 2.86. The summed E-state index contributed by atoms with van der Waals surface area (Å²) in [5.74, 6) is 0.594. The zero-order valence-corrected chi connectivity index (χ0v) is 20.2. The summed E-state index contributed by atoms with van der Waals surface area (Å²) in [6, 6.07) is 19.3. The number of nitrogens with one attached hydrogen (secondary N) is 1. The van der Waals surface area contributed by atoms with Gasteiger partial charge in [0.05, 0.1) is 12.9 Å². The van der Waals surface area contributed by atoms with Gasteiger partial charge in [-0.25, -0.2) is 8.42 Å². The first-order valence-electron chi connectivity index (χ1n) is 11.5. The molecule has 0 radical (unpaired) electrons. The number of aromatic nitrogens is 1. The summed E-state index contributed by atoms with van der Waals surface area (Å²) in [6.45, 7) is 1.52. The molecule has 1 N–H and O–H groups in total. The number of benzene rings is 2. The second-order valence-corrected chi connectivity index (χ2v) is 10.9. The number of pyridine rings is 1. The minimum absolute atomic E-state index is 0.0207. The van der Waals surface area contributed by atoms with Gasteiger partial charge in [-0.15, -0.1) is 0 Å². The predicted octanol–water partition coefficient (Wildman–Crippen LogP) is 3.06. The minimum atomic E-state index is -3.74. The van der Waals surface area contributed by atoms with Crippen molar-refractivity contribution in [2.24, 2.45) is 5.92 Å². The lowest BCUT2D eigenvalue weighted by atomic mass is 9.83. The molecule has 182 valence electrons. The number of hydrogen-bond acceptors (Lipinski definition) is 5. The van der Waals surface area contributed by atoms with E-state index in [0.717, 1.165) is 12.1 Å². The van der Waals surface area contributed by atoms with Crippen LogP contribution in [0, 0.1) is 5.92 Å². The van der Waals surface area contributed by atoms with Gasteiger partial charge in [-0.1, -0.05) is 30.3 Å². The highest BCUT2D eigenvalue weighted by Crippen LogP contribution is 2.36. The molecule has 0 saturated carbocycles. The molecular weight excluding hydrogens is 466 g/mol. The van der Waals surface area contributed by atoms with Gasteiger partial charge < -0.3 is 14.2 Å². The Balaban J connectivity index is 1.35. The molecule has 1 fully saturated rings. The number of methoxy groups -OCH3 is 1. The van der Waals surface area contributed by atoms with E-state index in [1.54, 1.807) is 66.3 Å². The number of fused-ring (bicyclic) bond motifs is 4. The molecule has 2 bridgehead atoms. The first-order chi connectivity index (χ1) is 16.8. The molecule has 1 aromatic heterocycles. The zero-order chi connectivity index (χ0) is 24.6. The number of piperidine rings is 1. The Morgan fingerprint density at radius 2 is 1.74 bits per heavy atom. The number of amides is 1. The number of carbonyl (C=O) groups excluding carboxylic acids is 1. The fraction of sp³-hybridized carbons (Fsp3) is 0.308. The summed E-state index contributed by atoms with van der Waals surface area (Å²) in [5.41, 5.74) is 1.80. The predicted molar refractivity (Wildman–Crippen MR) is 133 cm³/mol. The number of sulfonamides is 1. The van der Waals surface area contributed by atoms with Crippen molar-refractivity contribution in [2.75, 3.05) is 24.9 Å². The highest BCUT2D eigenvalue weighted by molar-refractivity contribution is 7.91. The number of carbonyl (C=O) groups is 1. The van der Waals surface area contributed by atoms with E-state index in [-0.39, 0.29) is 34.7 Å². The van der Waals surface area contributed by atoms with Gasteiger partial charge in [-0.2, -0.15) is 0 Å². The monoisotopic (exact) mass is 493 g/mol. The lowest BCUT2D eigenvalue weighted by Crippen LogP contribution is -2.49. The SMILES string of the molecule is COc1ccc(C(=O)N2C[C@@H]3C[C@H](C2)c2ccc(NS(=O)(=O)Cc4ccccc4)c(=O)n2C3)cc1. The summed E-state index contributed by atoms with van der Waals surface area (Å²) >= 11 is 0. The highest BCUT2D eigenvalue weighted by atomic mass is 32.2. The van der Waals surface area contributed by atoms with Crippen LogP contribution in [-0.4, -0.2) is 44.0 Å². The fourth-order valence-electron chi connectivity index (χ4n) is 5.10. The standard InChI is InChI=1S/C26H27N3O5S/c1-34-22-9-7-20(8-10-22)25(30)28-14-19-13-21(16-28)24-12-11-23(26(31)29(24)15-19)27-35(32,33)17-18-5-3-2-4-6-18/h2-12,19,21,27H,13-17H2,1H3/t19-,21+/m0/s1. The molecule has 3 heterocycles. The fourth-order valence-corrected chi connectivity index (χ4v) is 6.30. The number of likely N-dealkylation sites (tertiary alicyclic amines) is 1. The molecule has 0 unspecified atom stereocenters. The van der Waals surface area contributed by atoms with Crippen molar-refractivity contribution in [3.63, 3.8) is 0 Å². The Morgan fingerprint density at radius 1 is 1.00 bits per heavy atom. The van der Waals surface area contributed by atoms with Crippen molar-refractivity contribution in [1.82, 2.24) is 9.47 Å². The quantitative estimate of drug-likeness (QED) is 0.569. The summed E-state index contributed by atoms with van der Waals surface area (Å²) in [4.78, 5) is 28.2. The van der Waals surface area contributed by atoms with Crippen LogP contribution in [0.25, 0.3) is 0 Å². The minimum Gasteiger partial charge on any atom is -0.497 e. The van der Waals surface area contributed by atoms with E-state index >= 15 is 0 Å². The number of ether oxygens (including phenoxy) is 1. The van der Waals surface area contributed by atoms with Crippen molar-refractivity contribution in [3.8, 4) is 5.75 Å². The normalized spacial score (nSPS) is 19.1. The topological polar surface area (TPSA) is 97.7 Å². The Kier molecular flexibility index (Phi) is 6.10. The van der Waals surface area contributed by atoms with Gasteiger partial charge in [-0.05, 0) is 54.3 Å². The number of hydrogen-bond donors (Lipinski definition) is 1. The van der Waals surface area contributed by atoms with Crippen molar-refractivity contribution >= 4 is 21.6 Å². The number of rotatable bonds is 6. The molecule has 2 aliphatic rings. The average molecular weight is 494 g/mol. The molecule has 5 rings (SSSR count). The maximum absolute atomic E-state index is 13.2. The van der Waals surface area contributed by atoms with Crippen molar-refractivity contribution in [3.05, 3.63) is 93.9 Å². The van der Waals surface area contributed by atoms with Crippen LogP contribution in [0.4, 0.5) is 5.69 Å². The molecule has 0 aliphatic carbocycles. The van der Waals surface area contributed by atoms with Gasteiger partial charge >= 0.3 is 0 Å². The van der Waals surface area contributed by atoms with Crippen molar-refractivity contribution in [2.45, 2.75) is 24.6 Å². The molecule has 2 aromatic carbocycles. The Morgan fingerprint density at radius 3 is 2.46 bits per heavy atom. The maximum Gasteiger partial charge on any atom is 0.275 e. The molecule has 2 atom stereocenters.